The predicted octanol–water partition coefficient (Wildman–Crippen LogP) is 3.57. The molecule has 1 aliphatic rings. The third-order valence-electron chi connectivity index (χ3n) is 4.36. The van der Waals surface area contributed by atoms with Crippen molar-refractivity contribution in [2.45, 2.75) is 18.9 Å². The van der Waals surface area contributed by atoms with E-state index in [1.54, 1.807) is 30.7 Å². The first kappa shape index (κ1) is 14.9. The SMILES string of the molecule is Fc1ccc(-c2nc3cnccn3c2-c2ccnc(NC3CC3)n2)cc1. The predicted molar refractivity (Wildman–Crippen MR) is 96.1 cm³/mol. The summed E-state index contributed by atoms with van der Waals surface area (Å²) in [5.41, 5.74) is 3.84. The topological polar surface area (TPSA) is 68.0 Å². The number of imidazole rings is 1. The number of nitrogens with one attached hydrogen (secondary N) is 1. The lowest BCUT2D eigenvalue weighted by Gasteiger charge is -2.07. The van der Waals surface area contributed by atoms with Crippen molar-refractivity contribution in [1.29, 1.82) is 0 Å². The van der Waals surface area contributed by atoms with Crippen molar-refractivity contribution in [2.24, 2.45) is 0 Å². The highest BCUT2D eigenvalue weighted by Gasteiger charge is 2.23. The second-order valence-corrected chi connectivity index (χ2v) is 6.30. The van der Waals surface area contributed by atoms with E-state index >= 15 is 0 Å². The number of anilines is 1. The van der Waals surface area contributed by atoms with Crippen molar-refractivity contribution >= 4 is 11.6 Å². The van der Waals surface area contributed by atoms with E-state index in [1.165, 1.54) is 12.1 Å². The Morgan fingerprint density at radius 1 is 1.04 bits per heavy atom. The quantitative estimate of drug-likeness (QED) is 0.612. The Kier molecular flexibility index (Phi) is 3.38. The van der Waals surface area contributed by atoms with Gasteiger partial charge in [0, 0.05) is 30.2 Å². The first-order valence-corrected chi connectivity index (χ1v) is 8.46. The average molecular weight is 346 g/mol. The van der Waals surface area contributed by atoms with Gasteiger partial charge in [-0.15, -0.1) is 0 Å². The summed E-state index contributed by atoms with van der Waals surface area (Å²) in [5.74, 6) is 0.331. The van der Waals surface area contributed by atoms with Crippen molar-refractivity contribution in [1.82, 2.24) is 24.3 Å². The van der Waals surface area contributed by atoms with Gasteiger partial charge in [-0.25, -0.2) is 19.3 Å². The number of benzene rings is 1. The molecular formula is C19H15FN6. The van der Waals surface area contributed by atoms with Crippen LogP contribution in [0.25, 0.3) is 28.3 Å². The monoisotopic (exact) mass is 346 g/mol. The lowest BCUT2D eigenvalue weighted by Crippen LogP contribution is -2.06. The van der Waals surface area contributed by atoms with E-state index in [9.17, 15) is 4.39 Å². The highest BCUT2D eigenvalue weighted by molar-refractivity contribution is 5.80. The number of halogens is 1. The highest BCUT2D eigenvalue weighted by Crippen LogP contribution is 2.32. The maximum absolute atomic E-state index is 13.3. The van der Waals surface area contributed by atoms with E-state index < -0.39 is 0 Å². The first-order valence-electron chi connectivity index (χ1n) is 8.46. The Hall–Kier alpha value is -3.35. The molecule has 3 aromatic heterocycles. The number of hydrogen-bond acceptors (Lipinski definition) is 5. The summed E-state index contributed by atoms with van der Waals surface area (Å²) >= 11 is 0. The Morgan fingerprint density at radius 2 is 1.88 bits per heavy atom. The Morgan fingerprint density at radius 3 is 2.69 bits per heavy atom. The minimum Gasteiger partial charge on any atom is -0.351 e. The van der Waals surface area contributed by atoms with Crippen molar-refractivity contribution < 1.29 is 4.39 Å². The number of fused-ring (bicyclic) bond motifs is 1. The normalized spacial score (nSPS) is 13.9. The molecule has 0 spiro atoms. The van der Waals surface area contributed by atoms with Gasteiger partial charge in [0.15, 0.2) is 5.65 Å². The van der Waals surface area contributed by atoms with E-state index in [2.05, 4.69) is 25.3 Å². The molecule has 0 unspecified atom stereocenters. The summed E-state index contributed by atoms with van der Waals surface area (Å²) < 4.78 is 15.3. The zero-order valence-electron chi connectivity index (χ0n) is 13.8. The zero-order valence-corrected chi connectivity index (χ0v) is 13.8. The lowest BCUT2D eigenvalue weighted by atomic mass is 10.1. The zero-order chi connectivity index (χ0) is 17.5. The van der Waals surface area contributed by atoms with Gasteiger partial charge in [0.1, 0.15) is 5.82 Å². The van der Waals surface area contributed by atoms with Gasteiger partial charge >= 0.3 is 0 Å². The summed E-state index contributed by atoms with van der Waals surface area (Å²) in [5, 5.41) is 3.32. The first-order chi connectivity index (χ1) is 12.8. The fourth-order valence-electron chi connectivity index (χ4n) is 2.93. The smallest absolute Gasteiger partial charge is 0.223 e. The van der Waals surface area contributed by atoms with Crippen LogP contribution in [0.4, 0.5) is 10.3 Å². The lowest BCUT2D eigenvalue weighted by molar-refractivity contribution is 0.628. The molecule has 6 nitrogen and oxygen atoms in total. The van der Waals surface area contributed by atoms with Crippen molar-refractivity contribution in [2.75, 3.05) is 5.32 Å². The maximum Gasteiger partial charge on any atom is 0.223 e. The van der Waals surface area contributed by atoms with Gasteiger partial charge in [0.05, 0.1) is 23.3 Å². The standard InChI is InChI=1S/C19H15FN6/c20-13-3-1-12(2-4-13)17-18(26-10-9-21-11-16(26)25-17)15-7-8-22-19(24-15)23-14-5-6-14/h1-4,7-11,14H,5-6H2,(H,22,23,24). The number of aromatic nitrogens is 5. The molecule has 1 aromatic carbocycles. The van der Waals surface area contributed by atoms with Crippen LogP contribution >= 0.6 is 0 Å². The molecule has 3 heterocycles. The Balaban J connectivity index is 1.70. The molecule has 5 rings (SSSR count). The average Bonchev–Trinajstić information content (AvgIpc) is 3.39. The van der Waals surface area contributed by atoms with E-state index in [0.29, 0.717) is 17.6 Å². The molecular weight excluding hydrogens is 331 g/mol. The van der Waals surface area contributed by atoms with Gasteiger partial charge in [-0.2, -0.15) is 0 Å². The molecule has 4 aromatic rings. The third-order valence-corrected chi connectivity index (χ3v) is 4.36. The molecule has 1 saturated carbocycles. The van der Waals surface area contributed by atoms with Crippen LogP contribution in [-0.2, 0) is 0 Å². The minimum absolute atomic E-state index is 0.279. The summed E-state index contributed by atoms with van der Waals surface area (Å²) in [4.78, 5) is 17.8. The molecule has 128 valence electrons. The maximum atomic E-state index is 13.3. The van der Waals surface area contributed by atoms with Crippen LogP contribution < -0.4 is 5.32 Å². The Bertz CT molecular complexity index is 1080. The van der Waals surface area contributed by atoms with Crippen LogP contribution in [-0.4, -0.2) is 30.4 Å². The van der Waals surface area contributed by atoms with Crippen LogP contribution in [0, 0.1) is 5.82 Å². The summed E-state index contributed by atoms with van der Waals surface area (Å²) in [6.07, 6.45) is 9.28. The van der Waals surface area contributed by atoms with Gasteiger partial charge in [-0.05, 0) is 43.2 Å². The molecule has 0 radical (unpaired) electrons. The fraction of sp³-hybridized carbons (Fsp3) is 0.158. The Labute approximate surface area is 148 Å². The molecule has 0 bridgehead atoms. The van der Waals surface area contributed by atoms with E-state index in [4.69, 9.17) is 0 Å². The highest BCUT2D eigenvalue weighted by atomic mass is 19.1. The van der Waals surface area contributed by atoms with Crippen LogP contribution in [0.2, 0.25) is 0 Å². The molecule has 0 saturated heterocycles. The molecule has 1 fully saturated rings. The van der Waals surface area contributed by atoms with Crippen LogP contribution in [0.5, 0.6) is 0 Å². The number of hydrogen-bond donors (Lipinski definition) is 1. The van der Waals surface area contributed by atoms with E-state index in [1.807, 2.05) is 16.7 Å². The second-order valence-electron chi connectivity index (χ2n) is 6.30. The molecule has 0 atom stereocenters. The summed E-state index contributed by atoms with van der Waals surface area (Å²) in [7, 11) is 0. The van der Waals surface area contributed by atoms with E-state index in [0.717, 1.165) is 35.5 Å². The third kappa shape index (κ3) is 2.67. The van der Waals surface area contributed by atoms with Crippen LogP contribution in [0.3, 0.4) is 0 Å². The molecule has 0 amide bonds. The van der Waals surface area contributed by atoms with Gasteiger partial charge < -0.3 is 5.32 Å². The second kappa shape index (κ2) is 5.87. The van der Waals surface area contributed by atoms with Gasteiger partial charge in [-0.3, -0.25) is 9.38 Å². The molecule has 1 N–H and O–H groups in total. The van der Waals surface area contributed by atoms with Crippen LogP contribution in [0.15, 0.2) is 55.1 Å². The van der Waals surface area contributed by atoms with Gasteiger partial charge in [0.2, 0.25) is 5.95 Å². The number of rotatable bonds is 4. The minimum atomic E-state index is -0.279. The molecule has 0 aliphatic heterocycles. The molecule has 7 heteroatoms. The van der Waals surface area contributed by atoms with Crippen molar-refractivity contribution in [3.8, 4) is 22.6 Å². The van der Waals surface area contributed by atoms with Crippen molar-refractivity contribution in [3.63, 3.8) is 0 Å². The van der Waals surface area contributed by atoms with Crippen molar-refractivity contribution in [3.05, 3.63) is 60.9 Å². The molecule has 26 heavy (non-hydrogen) atoms. The summed E-state index contributed by atoms with van der Waals surface area (Å²) in [6.45, 7) is 0. The van der Waals surface area contributed by atoms with Gasteiger partial charge in [-0.1, -0.05) is 0 Å². The van der Waals surface area contributed by atoms with E-state index in [-0.39, 0.29) is 5.82 Å². The number of nitrogens with zero attached hydrogens (tertiary/aromatic N) is 5. The molecule has 1 aliphatic carbocycles. The van der Waals surface area contributed by atoms with Gasteiger partial charge in [0.25, 0.3) is 0 Å². The summed E-state index contributed by atoms with van der Waals surface area (Å²) in [6, 6.07) is 8.63. The van der Waals surface area contributed by atoms with Crippen LogP contribution in [0.1, 0.15) is 12.8 Å². The largest absolute Gasteiger partial charge is 0.351 e. The fourth-order valence-corrected chi connectivity index (χ4v) is 2.93.